The van der Waals surface area contributed by atoms with Crippen LogP contribution in [0, 0.1) is 0 Å². The Morgan fingerprint density at radius 3 is 2.76 bits per heavy atom. The standard InChI is InChI=1S/C13H15BrN2S/c14-11-7-13(17-9-11)8-12(15)2-1-10-3-5-16-6-4-10/h3-7,9,12H,1-2,8,15H2. The van der Waals surface area contributed by atoms with Crippen LogP contribution < -0.4 is 5.73 Å². The summed E-state index contributed by atoms with van der Waals surface area (Å²) in [6.07, 6.45) is 6.66. The number of thiophene rings is 1. The van der Waals surface area contributed by atoms with Gasteiger partial charge in [0.15, 0.2) is 0 Å². The van der Waals surface area contributed by atoms with Gasteiger partial charge >= 0.3 is 0 Å². The van der Waals surface area contributed by atoms with E-state index in [0.717, 1.165) is 23.7 Å². The van der Waals surface area contributed by atoms with E-state index in [0.29, 0.717) is 0 Å². The van der Waals surface area contributed by atoms with E-state index in [-0.39, 0.29) is 6.04 Å². The minimum atomic E-state index is 0.230. The topological polar surface area (TPSA) is 38.9 Å². The lowest BCUT2D eigenvalue weighted by atomic mass is 10.0. The van der Waals surface area contributed by atoms with Gasteiger partial charge in [0.2, 0.25) is 0 Å². The fraction of sp³-hybridized carbons (Fsp3) is 0.308. The van der Waals surface area contributed by atoms with E-state index < -0.39 is 0 Å². The third kappa shape index (κ3) is 4.22. The van der Waals surface area contributed by atoms with Gasteiger partial charge < -0.3 is 5.73 Å². The summed E-state index contributed by atoms with van der Waals surface area (Å²) >= 11 is 5.22. The Balaban J connectivity index is 1.80. The predicted octanol–water partition coefficient (Wildman–Crippen LogP) is 3.41. The van der Waals surface area contributed by atoms with Gasteiger partial charge in [-0.05, 0) is 59.0 Å². The second-order valence-electron chi connectivity index (χ2n) is 4.09. The van der Waals surface area contributed by atoms with Crippen molar-refractivity contribution in [1.82, 2.24) is 4.98 Å². The maximum Gasteiger partial charge on any atom is 0.0285 e. The smallest absolute Gasteiger partial charge is 0.0285 e. The van der Waals surface area contributed by atoms with Crippen molar-refractivity contribution in [2.45, 2.75) is 25.3 Å². The van der Waals surface area contributed by atoms with Gasteiger partial charge in [-0.25, -0.2) is 0 Å². The average molecular weight is 311 g/mol. The third-order valence-electron chi connectivity index (χ3n) is 2.64. The molecule has 0 saturated heterocycles. The molecule has 0 aliphatic heterocycles. The fourth-order valence-electron chi connectivity index (χ4n) is 1.72. The molecule has 90 valence electrons. The quantitative estimate of drug-likeness (QED) is 0.919. The average Bonchev–Trinajstić information content (AvgIpc) is 2.73. The maximum atomic E-state index is 6.14. The van der Waals surface area contributed by atoms with Crippen molar-refractivity contribution in [1.29, 1.82) is 0 Å². The Hall–Kier alpha value is -0.710. The van der Waals surface area contributed by atoms with E-state index in [1.165, 1.54) is 10.4 Å². The van der Waals surface area contributed by atoms with Gasteiger partial charge in [0.1, 0.15) is 0 Å². The fourth-order valence-corrected chi connectivity index (χ4v) is 3.27. The number of hydrogen-bond acceptors (Lipinski definition) is 3. The second kappa shape index (κ2) is 6.28. The highest BCUT2D eigenvalue weighted by molar-refractivity contribution is 9.10. The molecule has 0 aliphatic carbocycles. The summed E-state index contributed by atoms with van der Waals surface area (Å²) in [4.78, 5) is 5.35. The molecular formula is C13H15BrN2S. The zero-order chi connectivity index (χ0) is 12.1. The largest absolute Gasteiger partial charge is 0.327 e. The van der Waals surface area contributed by atoms with Crippen molar-refractivity contribution in [3.63, 3.8) is 0 Å². The zero-order valence-electron chi connectivity index (χ0n) is 9.47. The molecule has 2 aromatic rings. The van der Waals surface area contributed by atoms with E-state index in [2.05, 4.69) is 44.5 Å². The molecule has 0 amide bonds. The van der Waals surface area contributed by atoms with Crippen LogP contribution in [-0.2, 0) is 12.8 Å². The predicted molar refractivity (Wildman–Crippen MR) is 76.3 cm³/mol. The monoisotopic (exact) mass is 310 g/mol. The Morgan fingerprint density at radius 2 is 2.12 bits per heavy atom. The van der Waals surface area contributed by atoms with Crippen LogP contribution in [0.25, 0.3) is 0 Å². The summed E-state index contributed by atoms with van der Waals surface area (Å²) in [5.41, 5.74) is 7.45. The number of halogens is 1. The number of aromatic nitrogens is 1. The van der Waals surface area contributed by atoms with Gasteiger partial charge in [-0.3, -0.25) is 4.98 Å². The van der Waals surface area contributed by atoms with Gasteiger partial charge in [-0.1, -0.05) is 0 Å². The Labute approximate surface area is 114 Å². The highest BCUT2D eigenvalue weighted by atomic mass is 79.9. The molecule has 2 aromatic heterocycles. The number of hydrogen-bond donors (Lipinski definition) is 1. The molecule has 2 nitrogen and oxygen atoms in total. The minimum Gasteiger partial charge on any atom is -0.327 e. The number of aryl methyl sites for hydroxylation is 1. The van der Waals surface area contributed by atoms with E-state index in [9.17, 15) is 0 Å². The number of pyridine rings is 1. The van der Waals surface area contributed by atoms with Crippen molar-refractivity contribution in [3.05, 3.63) is 50.9 Å². The van der Waals surface area contributed by atoms with Gasteiger partial charge in [-0.2, -0.15) is 0 Å². The number of rotatable bonds is 5. The molecule has 1 atom stereocenters. The van der Waals surface area contributed by atoms with Crippen molar-refractivity contribution in [2.24, 2.45) is 5.73 Å². The first-order chi connectivity index (χ1) is 8.24. The summed E-state index contributed by atoms with van der Waals surface area (Å²) < 4.78 is 1.15. The molecule has 2 N–H and O–H groups in total. The van der Waals surface area contributed by atoms with Gasteiger partial charge in [0, 0.05) is 33.2 Å². The summed E-state index contributed by atoms with van der Waals surface area (Å²) in [5.74, 6) is 0. The van der Waals surface area contributed by atoms with Crippen LogP contribution in [-0.4, -0.2) is 11.0 Å². The maximum absolute atomic E-state index is 6.14. The Bertz CT molecular complexity index is 455. The van der Waals surface area contributed by atoms with E-state index in [1.807, 2.05) is 12.4 Å². The van der Waals surface area contributed by atoms with Crippen LogP contribution in [0.5, 0.6) is 0 Å². The van der Waals surface area contributed by atoms with Crippen molar-refractivity contribution in [2.75, 3.05) is 0 Å². The highest BCUT2D eigenvalue weighted by Gasteiger charge is 2.06. The highest BCUT2D eigenvalue weighted by Crippen LogP contribution is 2.21. The third-order valence-corrected chi connectivity index (χ3v) is 4.36. The Kier molecular flexibility index (Phi) is 4.71. The van der Waals surface area contributed by atoms with Gasteiger partial charge in [-0.15, -0.1) is 11.3 Å². The SMILES string of the molecule is NC(CCc1ccncc1)Cc1cc(Br)cs1. The van der Waals surface area contributed by atoms with Crippen LogP contribution in [0.4, 0.5) is 0 Å². The van der Waals surface area contributed by atoms with Crippen molar-refractivity contribution < 1.29 is 0 Å². The minimum absolute atomic E-state index is 0.230. The first-order valence-corrected chi connectivity index (χ1v) is 7.28. The van der Waals surface area contributed by atoms with Gasteiger partial charge in [0.05, 0.1) is 0 Å². The molecule has 0 fully saturated rings. The van der Waals surface area contributed by atoms with Crippen LogP contribution in [0.1, 0.15) is 16.9 Å². The molecule has 0 saturated carbocycles. The van der Waals surface area contributed by atoms with Crippen LogP contribution in [0.2, 0.25) is 0 Å². The van der Waals surface area contributed by atoms with E-state index >= 15 is 0 Å². The second-order valence-corrected chi connectivity index (χ2v) is 6.00. The lowest BCUT2D eigenvalue weighted by Crippen LogP contribution is -2.23. The molecule has 0 bridgehead atoms. The molecule has 1 unspecified atom stereocenters. The van der Waals surface area contributed by atoms with E-state index in [4.69, 9.17) is 5.73 Å². The zero-order valence-corrected chi connectivity index (χ0v) is 11.9. The molecule has 4 heteroatoms. The summed E-state index contributed by atoms with van der Waals surface area (Å²) in [6.45, 7) is 0. The van der Waals surface area contributed by atoms with Crippen LogP contribution in [0.15, 0.2) is 40.4 Å². The van der Waals surface area contributed by atoms with Crippen molar-refractivity contribution >= 4 is 27.3 Å². The molecule has 2 heterocycles. The molecular weight excluding hydrogens is 296 g/mol. The summed E-state index contributed by atoms with van der Waals surface area (Å²) in [7, 11) is 0. The molecule has 2 rings (SSSR count). The first-order valence-electron chi connectivity index (χ1n) is 5.61. The number of nitrogens with two attached hydrogens (primary N) is 1. The normalized spacial score (nSPS) is 12.6. The number of nitrogens with zero attached hydrogens (tertiary/aromatic N) is 1. The summed E-state index contributed by atoms with van der Waals surface area (Å²) in [6, 6.07) is 6.48. The van der Waals surface area contributed by atoms with E-state index in [1.54, 1.807) is 11.3 Å². The van der Waals surface area contributed by atoms with Crippen LogP contribution in [0.3, 0.4) is 0 Å². The van der Waals surface area contributed by atoms with Crippen LogP contribution >= 0.6 is 27.3 Å². The van der Waals surface area contributed by atoms with Gasteiger partial charge in [0.25, 0.3) is 0 Å². The molecule has 0 spiro atoms. The molecule has 0 aromatic carbocycles. The first kappa shape index (κ1) is 12.7. The lowest BCUT2D eigenvalue weighted by molar-refractivity contribution is 0.614. The van der Waals surface area contributed by atoms with Crippen molar-refractivity contribution in [3.8, 4) is 0 Å². The molecule has 0 aliphatic rings. The molecule has 17 heavy (non-hydrogen) atoms. The summed E-state index contributed by atoms with van der Waals surface area (Å²) in [5, 5.41) is 2.10. The lowest BCUT2D eigenvalue weighted by Gasteiger charge is -2.09. The Morgan fingerprint density at radius 1 is 1.35 bits per heavy atom. The molecule has 0 radical (unpaired) electrons.